The van der Waals surface area contributed by atoms with E-state index in [4.69, 9.17) is 4.74 Å². The lowest BCUT2D eigenvalue weighted by Gasteiger charge is -2.37. The molecule has 3 heteroatoms. The lowest BCUT2D eigenvalue weighted by atomic mass is 9.69. The summed E-state index contributed by atoms with van der Waals surface area (Å²) in [6.07, 6.45) is 12.7. The number of rotatable bonds is 5. The third-order valence-electron chi connectivity index (χ3n) is 6.20. The van der Waals surface area contributed by atoms with Gasteiger partial charge in [-0.15, -0.1) is 6.58 Å². The minimum Gasteiger partial charge on any atom is -0.426 e. The molecule has 25 heavy (non-hydrogen) atoms. The molecule has 0 radical (unpaired) electrons. The highest BCUT2D eigenvalue weighted by molar-refractivity contribution is 5.75. The Morgan fingerprint density at radius 2 is 1.56 bits per heavy atom. The largest absolute Gasteiger partial charge is 0.426 e. The molecule has 136 valence electrons. The number of allylic oxidation sites excluding steroid dienone is 1. The van der Waals surface area contributed by atoms with Gasteiger partial charge in [-0.25, -0.2) is 4.39 Å². The normalized spacial score (nSPS) is 29.8. The zero-order valence-electron chi connectivity index (χ0n) is 15.0. The molecule has 0 saturated heterocycles. The summed E-state index contributed by atoms with van der Waals surface area (Å²) in [5.41, 5.74) is 0. The first kappa shape index (κ1) is 18.2. The maximum Gasteiger partial charge on any atom is 0.314 e. The molecular weight excluding hydrogens is 315 g/mol. The molecule has 2 fully saturated rings. The highest BCUT2D eigenvalue weighted by Gasteiger charge is 2.33. The third-order valence-corrected chi connectivity index (χ3v) is 6.20. The van der Waals surface area contributed by atoms with Crippen LogP contribution in [0.4, 0.5) is 4.39 Å². The van der Waals surface area contributed by atoms with Gasteiger partial charge in [0, 0.05) is 0 Å². The molecule has 1 aromatic rings. The highest BCUT2D eigenvalue weighted by atomic mass is 19.1. The van der Waals surface area contributed by atoms with E-state index in [2.05, 4.69) is 12.7 Å². The summed E-state index contributed by atoms with van der Waals surface area (Å²) in [6.45, 7) is 3.86. The Bertz CT molecular complexity index is 564. The molecule has 0 spiro atoms. The fraction of sp³-hybridized carbons (Fsp3) is 0.591. The van der Waals surface area contributed by atoms with Crippen LogP contribution in [-0.4, -0.2) is 5.97 Å². The summed E-state index contributed by atoms with van der Waals surface area (Å²) in [5, 5.41) is 0. The Kier molecular flexibility index (Phi) is 6.28. The van der Waals surface area contributed by atoms with Crippen molar-refractivity contribution in [3.63, 3.8) is 0 Å². The standard InChI is InChI=1S/C22H29FO2/c1-2-3-16-4-6-17(7-5-16)18-8-10-19(11-9-18)22(24)25-21-14-12-20(23)13-15-21/h2,12-19H,1,3-11H2. The van der Waals surface area contributed by atoms with Gasteiger partial charge in [0.05, 0.1) is 5.92 Å². The molecular formula is C22H29FO2. The summed E-state index contributed by atoms with van der Waals surface area (Å²) >= 11 is 0. The maximum atomic E-state index is 12.9. The molecule has 2 aliphatic rings. The molecule has 0 heterocycles. The zero-order chi connectivity index (χ0) is 17.6. The van der Waals surface area contributed by atoms with Crippen LogP contribution < -0.4 is 4.74 Å². The first-order chi connectivity index (χ1) is 12.2. The predicted molar refractivity (Wildman–Crippen MR) is 97.7 cm³/mol. The number of ether oxygens (including phenoxy) is 1. The van der Waals surface area contributed by atoms with E-state index in [-0.39, 0.29) is 17.7 Å². The van der Waals surface area contributed by atoms with Crippen LogP contribution >= 0.6 is 0 Å². The number of halogens is 1. The average molecular weight is 344 g/mol. The summed E-state index contributed by atoms with van der Waals surface area (Å²) < 4.78 is 18.3. The van der Waals surface area contributed by atoms with Gasteiger partial charge in [0.2, 0.25) is 0 Å². The fourth-order valence-corrected chi connectivity index (χ4v) is 4.66. The van der Waals surface area contributed by atoms with Gasteiger partial charge >= 0.3 is 5.97 Å². The SMILES string of the molecule is C=CCC1CCC(C2CCC(C(=O)Oc3ccc(F)cc3)CC2)CC1. The predicted octanol–water partition coefficient (Wildman–Crippen LogP) is 5.92. The second kappa shape index (κ2) is 8.64. The number of carbonyl (C=O) groups excluding carboxylic acids is 1. The van der Waals surface area contributed by atoms with Crippen LogP contribution in [0.15, 0.2) is 36.9 Å². The van der Waals surface area contributed by atoms with Crippen LogP contribution in [0.1, 0.15) is 57.8 Å². The monoisotopic (exact) mass is 344 g/mol. The number of hydrogen-bond donors (Lipinski definition) is 0. The molecule has 0 atom stereocenters. The molecule has 1 aromatic carbocycles. The van der Waals surface area contributed by atoms with Gasteiger partial charge in [0.25, 0.3) is 0 Å². The fourth-order valence-electron chi connectivity index (χ4n) is 4.66. The topological polar surface area (TPSA) is 26.3 Å². The number of carbonyl (C=O) groups is 1. The molecule has 0 unspecified atom stereocenters. The molecule has 0 aliphatic heterocycles. The van der Waals surface area contributed by atoms with E-state index in [1.54, 1.807) is 0 Å². The first-order valence-electron chi connectivity index (χ1n) is 9.74. The van der Waals surface area contributed by atoms with Gasteiger partial charge in [-0.2, -0.15) is 0 Å². The van der Waals surface area contributed by atoms with Crippen molar-refractivity contribution in [3.8, 4) is 5.75 Å². The third kappa shape index (κ3) is 4.93. The summed E-state index contributed by atoms with van der Waals surface area (Å²) in [5.74, 6) is 2.43. The quantitative estimate of drug-likeness (QED) is 0.376. The van der Waals surface area contributed by atoms with E-state index in [1.807, 2.05) is 0 Å². The van der Waals surface area contributed by atoms with Crippen LogP contribution in [-0.2, 0) is 4.79 Å². The van der Waals surface area contributed by atoms with E-state index in [1.165, 1.54) is 49.9 Å². The van der Waals surface area contributed by atoms with E-state index in [0.29, 0.717) is 5.75 Å². The molecule has 2 aliphatic carbocycles. The van der Waals surface area contributed by atoms with Gasteiger partial charge in [-0.1, -0.05) is 6.08 Å². The van der Waals surface area contributed by atoms with Gasteiger partial charge in [-0.3, -0.25) is 4.79 Å². The molecule has 0 bridgehead atoms. The van der Waals surface area contributed by atoms with Crippen molar-refractivity contribution < 1.29 is 13.9 Å². The minimum atomic E-state index is -0.317. The smallest absolute Gasteiger partial charge is 0.314 e. The van der Waals surface area contributed by atoms with E-state index in [9.17, 15) is 9.18 Å². The molecule has 0 aromatic heterocycles. The van der Waals surface area contributed by atoms with Crippen molar-refractivity contribution in [3.05, 3.63) is 42.7 Å². The van der Waals surface area contributed by atoms with Crippen LogP contribution in [0, 0.1) is 29.5 Å². The van der Waals surface area contributed by atoms with Crippen molar-refractivity contribution in [2.45, 2.75) is 57.8 Å². The lowest BCUT2D eigenvalue weighted by molar-refractivity contribution is -0.140. The molecule has 0 N–H and O–H groups in total. The van der Waals surface area contributed by atoms with Crippen LogP contribution in [0.2, 0.25) is 0 Å². The molecule has 0 amide bonds. The summed E-state index contributed by atoms with van der Waals surface area (Å²) in [4.78, 5) is 12.3. The molecule has 3 rings (SSSR count). The highest BCUT2D eigenvalue weighted by Crippen LogP contribution is 2.42. The van der Waals surface area contributed by atoms with Crippen LogP contribution in [0.5, 0.6) is 5.75 Å². The lowest BCUT2D eigenvalue weighted by Crippen LogP contribution is -2.30. The van der Waals surface area contributed by atoms with Crippen molar-refractivity contribution in [2.75, 3.05) is 0 Å². The average Bonchev–Trinajstić information content (AvgIpc) is 2.65. The van der Waals surface area contributed by atoms with Gasteiger partial charge < -0.3 is 4.74 Å². The second-order valence-electron chi connectivity index (χ2n) is 7.79. The van der Waals surface area contributed by atoms with Gasteiger partial charge in [-0.05, 0) is 99.8 Å². The van der Waals surface area contributed by atoms with E-state index in [0.717, 1.165) is 49.9 Å². The Labute approximate surface area is 150 Å². The Morgan fingerprint density at radius 3 is 2.12 bits per heavy atom. The van der Waals surface area contributed by atoms with Crippen molar-refractivity contribution >= 4 is 5.97 Å². The van der Waals surface area contributed by atoms with Crippen LogP contribution in [0.25, 0.3) is 0 Å². The summed E-state index contributed by atoms with van der Waals surface area (Å²) in [6, 6.07) is 5.67. The number of esters is 1. The Balaban J connectivity index is 1.43. The molecule has 2 saturated carbocycles. The van der Waals surface area contributed by atoms with Crippen LogP contribution in [0.3, 0.4) is 0 Å². The number of benzene rings is 1. The van der Waals surface area contributed by atoms with E-state index < -0.39 is 0 Å². The minimum absolute atomic E-state index is 0.00147. The van der Waals surface area contributed by atoms with Crippen molar-refractivity contribution in [1.82, 2.24) is 0 Å². The second-order valence-corrected chi connectivity index (χ2v) is 7.79. The number of hydrogen-bond acceptors (Lipinski definition) is 2. The Hall–Kier alpha value is -1.64. The van der Waals surface area contributed by atoms with E-state index >= 15 is 0 Å². The molecule has 2 nitrogen and oxygen atoms in total. The maximum absolute atomic E-state index is 12.9. The first-order valence-corrected chi connectivity index (χ1v) is 9.74. The van der Waals surface area contributed by atoms with Crippen molar-refractivity contribution in [2.24, 2.45) is 23.7 Å². The van der Waals surface area contributed by atoms with Gasteiger partial charge in [0.15, 0.2) is 0 Å². The van der Waals surface area contributed by atoms with Gasteiger partial charge in [0.1, 0.15) is 11.6 Å². The van der Waals surface area contributed by atoms with Crippen molar-refractivity contribution in [1.29, 1.82) is 0 Å². The summed E-state index contributed by atoms with van der Waals surface area (Å²) in [7, 11) is 0. The zero-order valence-corrected chi connectivity index (χ0v) is 15.0. The Morgan fingerprint density at radius 1 is 1.00 bits per heavy atom.